The lowest BCUT2D eigenvalue weighted by Crippen LogP contribution is -2.24. The third-order valence-electron chi connectivity index (χ3n) is 4.62. The van der Waals surface area contributed by atoms with Crippen molar-refractivity contribution in [2.24, 2.45) is 5.16 Å². The largest absolute Gasteiger partial charge is 0.390 e. The molecule has 0 unspecified atom stereocenters. The van der Waals surface area contributed by atoms with Gasteiger partial charge in [-0.2, -0.15) is 0 Å². The topological polar surface area (TPSA) is 97.7 Å². The monoisotopic (exact) mass is 459 g/mol. The number of rotatable bonds is 8. The van der Waals surface area contributed by atoms with Gasteiger partial charge in [0.05, 0.1) is 10.1 Å². The SMILES string of the molecule is O=C(Nc1nccs1)C(=NOCc1ccccc1F)c1ccc(S(=O)(=O)C2CC2)cc1. The van der Waals surface area contributed by atoms with Crippen LogP contribution in [0.25, 0.3) is 0 Å². The molecule has 1 aromatic heterocycles. The Morgan fingerprint density at radius 2 is 1.94 bits per heavy atom. The number of aromatic nitrogens is 1. The molecule has 1 aliphatic rings. The van der Waals surface area contributed by atoms with Crippen LogP contribution in [0.5, 0.6) is 0 Å². The number of nitrogens with one attached hydrogen (secondary N) is 1. The van der Waals surface area contributed by atoms with Crippen LogP contribution >= 0.6 is 11.3 Å². The van der Waals surface area contributed by atoms with Gasteiger partial charge in [0, 0.05) is 22.7 Å². The standard InChI is InChI=1S/C21H18FN3O4S2/c22-18-4-2-1-3-15(18)13-29-25-19(20(26)24-21-23-11-12-30-21)14-5-7-16(8-6-14)31(27,28)17-9-10-17/h1-8,11-12,17H,9-10,13H2,(H,23,24,26). The van der Waals surface area contributed by atoms with E-state index in [1.54, 1.807) is 29.8 Å². The summed E-state index contributed by atoms with van der Waals surface area (Å²) in [5.74, 6) is -1.03. The number of amides is 1. The molecule has 3 aromatic rings. The average Bonchev–Trinajstić information content (AvgIpc) is 3.51. The number of nitrogens with zero attached hydrogens (tertiary/aromatic N) is 2. The maximum atomic E-state index is 13.8. The molecule has 1 amide bonds. The number of sulfone groups is 1. The first-order valence-corrected chi connectivity index (χ1v) is 11.9. The highest BCUT2D eigenvalue weighted by Crippen LogP contribution is 2.33. The molecular weight excluding hydrogens is 441 g/mol. The highest BCUT2D eigenvalue weighted by molar-refractivity contribution is 7.92. The molecule has 0 aliphatic heterocycles. The van der Waals surface area contributed by atoms with Crippen molar-refractivity contribution in [3.05, 3.63) is 77.1 Å². The summed E-state index contributed by atoms with van der Waals surface area (Å²) in [5, 5.41) is 8.29. The Hall–Kier alpha value is -3.11. The molecule has 0 spiro atoms. The van der Waals surface area contributed by atoms with Gasteiger partial charge in [0.1, 0.15) is 12.4 Å². The van der Waals surface area contributed by atoms with Crippen LogP contribution < -0.4 is 5.32 Å². The molecule has 0 radical (unpaired) electrons. The molecule has 1 heterocycles. The lowest BCUT2D eigenvalue weighted by Gasteiger charge is -2.09. The summed E-state index contributed by atoms with van der Waals surface area (Å²) in [7, 11) is -3.35. The fraction of sp³-hybridized carbons (Fsp3) is 0.190. The first kappa shape index (κ1) is 21.1. The van der Waals surface area contributed by atoms with Crippen molar-refractivity contribution >= 4 is 37.9 Å². The zero-order chi connectivity index (χ0) is 21.8. The summed E-state index contributed by atoms with van der Waals surface area (Å²) >= 11 is 1.23. The number of halogens is 1. The van der Waals surface area contributed by atoms with Gasteiger partial charge in [0.2, 0.25) is 0 Å². The Labute approximate surface area is 182 Å². The van der Waals surface area contributed by atoms with Crippen molar-refractivity contribution in [1.29, 1.82) is 0 Å². The van der Waals surface area contributed by atoms with E-state index in [1.807, 2.05) is 0 Å². The van der Waals surface area contributed by atoms with Gasteiger partial charge in [-0.15, -0.1) is 11.3 Å². The van der Waals surface area contributed by atoms with Crippen LogP contribution in [0.3, 0.4) is 0 Å². The molecule has 4 rings (SSSR count). The van der Waals surface area contributed by atoms with Crippen molar-refractivity contribution in [3.63, 3.8) is 0 Å². The van der Waals surface area contributed by atoms with Gasteiger partial charge in [0.25, 0.3) is 5.91 Å². The Bertz CT molecular complexity index is 1210. The van der Waals surface area contributed by atoms with E-state index in [4.69, 9.17) is 4.84 Å². The molecule has 160 valence electrons. The van der Waals surface area contributed by atoms with E-state index in [2.05, 4.69) is 15.5 Å². The number of oxime groups is 1. The van der Waals surface area contributed by atoms with Gasteiger partial charge in [-0.3, -0.25) is 10.1 Å². The second-order valence-corrected chi connectivity index (χ2v) is 9.99. The fourth-order valence-electron chi connectivity index (χ4n) is 2.82. The number of carbonyl (C=O) groups excluding carboxylic acids is 1. The van der Waals surface area contributed by atoms with Crippen LogP contribution in [0.4, 0.5) is 9.52 Å². The Morgan fingerprint density at radius 3 is 2.58 bits per heavy atom. The summed E-state index contributed by atoms with van der Waals surface area (Å²) in [6, 6.07) is 12.0. The van der Waals surface area contributed by atoms with Crippen molar-refractivity contribution in [2.75, 3.05) is 5.32 Å². The highest BCUT2D eigenvalue weighted by Gasteiger charge is 2.36. The fourth-order valence-corrected chi connectivity index (χ4v) is 5.00. The van der Waals surface area contributed by atoms with Crippen LogP contribution in [0.15, 0.2) is 70.2 Å². The average molecular weight is 460 g/mol. The van der Waals surface area contributed by atoms with Gasteiger partial charge >= 0.3 is 0 Å². The molecule has 1 saturated carbocycles. The predicted molar refractivity (Wildman–Crippen MR) is 115 cm³/mol. The van der Waals surface area contributed by atoms with Crippen LogP contribution in [0.1, 0.15) is 24.0 Å². The van der Waals surface area contributed by atoms with E-state index in [9.17, 15) is 17.6 Å². The summed E-state index contributed by atoms with van der Waals surface area (Å²) in [6.45, 7) is -0.172. The van der Waals surface area contributed by atoms with E-state index >= 15 is 0 Å². The quantitative estimate of drug-likeness (QED) is 0.408. The van der Waals surface area contributed by atoms with E-state index in [0.717, 1.165) is 0 Å². The van der Waals surface area contributed by atoms with Gasteiger partial charge in [0.15, 0.2) is 20.7 Å². The molecule has 7 nitrogen and oxygen atoms in total. The zero-order valence-electron chi connectivity index (χ0n) is 16.2. The molecule has 0 saturated heterocycles. The summed E-state index contributed by atoms with van der Waals surface area (Å²) in [4.78, 5) is 22.2. The number of hydrogen-bond donors (Lipinski definition) is 1. The number of thiazole rings is 1. The normalized spacial score (nSPS) is 14.3. The molecule has 10 heteroatoms. The van der Waals surface area contributed by atoms with E-state index in [0.29, 0.717) is 23.5 Å². The van der Waals surface area contributed by atoms with Gasteiger partial charge in [-0.1, -0.05) is 35.5 Å². The summed E-state index contributed by atoms with van der Waals surface area (Å²) in [6.07, 6.45) is 2.87. The van der Waals surface area contributed by atoms with Gasteiger partial charge in [-0.25, -0.2) is 17.8 Å². The molecule has 0 atom stereocenters. The lowest BCUT2D eigenvalue weighted by atomic mass is 10.1. The molecule has 1 N–H and O–H groups in total. The second kappa shape index (κ2) is 8.94. The first-order valence-electron chi connectivity index (χ1n) is 9.43. The summed E-state index contributed by atoms with van der Waals surface area (Å²) in [5.41, 5.74) is 0.566. The van der Waals surface area contributed by atoms with E-state index in [1.165, 1.54) is 41.7 Å². The summed E-state index contributed by atoms with van der Waals surface area (Å²) < 4.78 is 38.6. The van der Waals surface area contributed by atoms with Crippen LogP contribution in [0, 0.1) is 5.82 Å². The van der Waals surface area contributed by atoms with E-state index < -0.39 is 21.6 Å². The lowest BCUT2D eigenvalue weighted by molar-refractivity contribution is -0.110. The smallest absolute Gasteiger partial charge is 0.280 e. The minimum atomic E-state index is -3.35. The number of hydrogen-bond acceptors (Lipinski definition) is 7. The highest BCUT2D eigenvalue weighted by atomic mass is 32.2. The maximum Gasteiger partial charge on any atom is 0.280 e. The number of anilines is 1. The molecular formula is C21H18FN3O4S2. The Kier molecular flexibility index (Phi) is 6.10. The molecule has 31 heavy (non-hydrogen) atoms. The minimum absolute atomic E-state index is 0.0816. The van der Waals surface area contributed by atoms with Crippen LogP contribution in [0.2, 0.25) is 0 Å². The first-order chi connectivity index (χ1) is 14.9. The van der Waals surface area contributed by atoms with Crippen molar-refractivity contribution in [1.82, 2.24) is 4.98 Å². The number of carbonyl (C=O) groups is 1. The maximum absolute atomic E-state index is 13.8. The molecule has 1 fully saturated rings. The molecule has 1 aliphatic carbocycles. The van der Waals surface area contributed by atoms with Crippen molar-refractivity contribution in [2.45, 2.75) is 29.6 Å². The van der Waals surface area contributed by atoms with Crippen LogP contribution in [-0.2, 0) is 26.1 Å². The predicted octanol–water partition coefficient (Wildman–Crippen LogP) is 3.78. The Balaban J connectivity index is 1.58. The Morgan fingerprint density at radius 1 is 1.19 bits per heavy atom. The van der Waals surface area contributed by atoms with Crippen molar-refractivity contribution in [3.8, 4) is 0 Å². The number of benzene rings is 2. The second-order valence-electron chi connectivity index (χ2n) is 6.86. The minimum Gasteiger partial charge on any atom is -0.390 e. The van der Waals surface area contributed by atoms with Gasteiger partial charge < -0.3 is 4.84 Å². The van der Waals surface area contributed by atoms with Crippen molar-refractivity contribution < 1.29 is 22.4 Å². The van der Waals surface area contributed by atoms with Gasteiger partial charge in [-0.05, 0) is 31.0 Å². The third-order valence-corrected chi connectivity index (χ3v) is 7.59. The van der Waals surface area contributed by atoms with E-state index in [-0.39, 0.29) is 28.0 Å². The van der Waals surface area contributed by atoms with Crippen LogP contribution in [-0.4, -0.2) is 30.3 Å². The molecule has 0 bridgehead atoms. The zero-order valence-corrected chi connectivity index (χ0v) is 17.8. The molecule has 2 aromatic carbocycles. The third kappa shape index (κ3) is 4.97.